The number of aromatic nitrogens is 3. The van der Waals surface area contributed by atoms with E-state index in [0.29, 0.717) is 10.3 Å². The van der Waals surface area contributed by atoms with E-state index in [9.17, 15) is 4.79 Å². The van der Waals surface area contributed by atoms with Crippen LogP contribution in [0.25, 0.3) is 11.3 Å². The number of H-pyrrole nitrogens is 2. The molecule has 0 aliphatic carbocycles. The molecule has 1 amide bonds. The maximum atomic E-state index is 10.9. The maximum Gasteiger partial charge on any atom is 0.221 e. The first-order chi connectivity index (χ1) is 7.66. The molecule has 0 unspecified atom stereocenters. The third-order valence-corrected chi connectivity index (χ3v) is 2.30. The van der Waals surface area contributed by atoms with Crippen molar-refractivity contribution in [2.24, 2.45) is 0 Å². The first-order valence-electron chi connectivity index (χ1n) is 4.68. The number of amides is 1. The van der Waals surface area contributed by atoms with Crippen LogP contribution in [-0.2, 0) is 4.79 Å². The van der Waals surface area contributed by atoms with Crippen LogP contribution in [0.1, 0.15) is 6.92 Å². The van der Waals surface area contributed by atoms with E-state index in [1.165, 1.54) is 6.92 Å². The fourth-order valence-electron chi connectivity index (χ4n) is 1.39. The second-order valence-corrected chi connectivity index (χ2v) is 3.70. The van der Waals surface area contributed by atoms with E-state index < -0.39 is 0 Å². The smallest absolute Gasteiger partial charge is 0.221 e. The van der Waals surface area contributed by atoms with Gasteiger partial charge in [0.15, 0.2) is 0 Å². The van der Waals surface area contributed by atoms with E-state index in [-0.39, 0.29) is 5.91 Å². The molecule has 5 nitrogen and oxygen atoms in total. The summed E-state index contributed by atoms with van der Waals surface area (Å²) in [6.07, 6.45) is 0. The lowest BCUT2D eigenvalue weighted by Gasteiger charge is -2.03. The number of carbonyl (C=O) groups is 1. The summed E-state index contributed by atoms with van der Waals surface area (Å²) in [6, 6.07) is 7.35. The van der Waals surface area contributed by atoms with Crippen molar-refractivity contribution in [3.8, 4) is 11.3 Å². The highest BCUT2D eigenvalue weighted by molar-refractivity contribution is 7.71. The highest BCUT2D eigenvalue weighted by atomic mass is 32.1. The Hall–Kier alpha value is -1.95. The number of hydrogen-bond acceptors (Lipinski definition) is 3. The Morgan fingerprint density at radius 2 is 2.31 bits per heavy atom. The van der Waals surface area contributed by atoms with Gasteiger partial charge in [-0.1, -0.05) is 24.4 Å². The first-order valence-corrected chi connectivity index (χ1v) is 5.09. The van der Waals surface area contributed by atoms with Crippen LogP contribution in [0.2, 0.25) is 0 Å². The van der Waals surface area contributed by atoms with Gasteiger partial charge in [-0.05, 0) is 12.1 Å². The summed E-state index contributed by atoms with van der Waals surface area (Å²) < 4.78 is 0.542. The van der Waals surface area contributed by atoms with Gasteiger partial charge in [0.25, 0.3) is 0 Å². The van der Waals surface area contributed by atoms with Crippen molar-refractivity contribution in [2.45, 2.75) is 6.92 Å². The summed E-state index contributed by atoms with van der Waals surface area (Å²) in [5.41, 5.74) is 2.25. The number of nitrogens with one attached hydrogen (secondary N) is 3. The van der Waals surface area contributed by atoms with E-state index in [1.807, 2.05) is 24.3 Å². The van der Waals surface area contributed by atoms with Crippen LogP contribution in [0.3, 0.4) is 0 Å². The molecule has 0 saturated carbocycles. The topological polar surface area (TPSA) is 73.6 Å². The molecule has 2 aromatic rings. The summed E-state index contributed by atoms with van der Waals surface area (Å²) in [5, 5.41) is 12.0. The number of aromatic amines is 2. The second-order valence-electron chi connectivity index (χ2n) is 3.29. The van der Waals surface area contributed by atoms with Gasteiger partial charge in [0.2, 0.25) is 5.91 Å². The minimum atomic E-state index is -0.107. The Balaban J connectivity index is 2.40. The zero-order chi connectivity index (χ0) is 11.5. The van der Waals surface area contributed by atoms with Crippen molar-refractivity contribution >= 4 is 23.8 Å². The van der Waals surface area contributed by atoms with Crippen LogP contribution in [0.4, 0.5) is 5.69 Å². The molecule has 1 aromatic heterocycles. The third-order valence-electron chi connectivity index (χ3n) is 2.01. The summed E-state index contributed by atoms with van der Waals surface area (Å²) >= 11 is 5.06. The summed E-state index contributed by atoms with van der Waals surface area (Å²) in [5.74, 6) is -0.107. The predicted molar refractivity (Wildman–Crippen MR) is 63.5 cm³/mol. The minimum absolute atomic E-state index is 0.107. The van der Waals surface area contributed by atoms with E-state index in [4.69, 9.17) is 12.2 Å². The van der Waals surface area contributed by atoms with Crippen LogP contribution in [0, 0.1) is 4.64 Å². The van der Waals surface area contributed by atoms with E-state index in [2.05, 4.69) is 20.7 Å². The molecule has 3 N–H and O–H groups in total. The van der Waals surface area contributed by atoms with Gasteiger partial charge in [0.1, 0.15) is 10.3 Å². The van der Waals surface area contributed by atoms with Gasteiger partial charge in [-0.3, -0.25) is 9.89 Å². The SMILES string of the molecule is CC(=O)Nc1cccc(-c2n[nH][nH]c2=S)c1. The molecule has 1 heterocycles. The minimum Gasteiger partial charge on any atom is -0.326 e. The van der Waals surface area contributed by atoms with Crippen LogP contribution in [-0.4, -0.2) is 21.3 Å². The molecule has 6 heteroatoms. The largest absolute Gasteiger partial charge is 0.326 e. The summed E-state index contributed by atoms with van der Waals surface area (Å²) in [4.78, 5) is 10.9. The number of anilines is 1. The molecule has 0 atom stereocenters. The molecule has 0 fully saturated rings. The molecule has 0 aliphatic heterocycles. The van der Waals surface area contributed by atoms with Gasteiger partial charge in [0.05, 0.1) is 0 Å². The average Bonchev–Trinajstić information content (AvgIpc) is 2.64. The quantitative estimate of drug-likeness (QED) is 0.696. The monoisotopic (exact) mass is 234 g/mol. The van der Waals surface area contributed by atoms with Gasteiger partial charge in [-0.2, -0.15) is 5.10 Å². The molecule has 0 bridgehead atoms. The fraction of sp³-hybridized carbons (Fsp3) is 0.100. The highest BCUT2D eigenvalue weighted by Crippen LogP contribution is 2.20. The normalized spacial score (nSPS) is 10.1. The average molecular weight is 234 g/mol. The molecule has 16 heavy (non-hydrogen) atoms. The van der Waals surface area contributed by atoms with E-state index in [1.54, 1.807) is 0 Å². The van der Waals surface area contributed by atoms with Crippen molar-refractivity contribution in [3.63, 3.8) is 0 Å². The summed E-state index contributed by atoms with van der Waals surface area (Å²) in [7, 11) is 0. The molecule has 0 radical (unpaired) electrons. The maximum absolute atomic E-state index is 10.9. The van der Waals surface area contributed by atoms with Gasteiger partial charge < -0.3 is 5.32 Å². The van der Waals surface area contributed by atoms with Crippen LogP contribution in [0.15, 0.2) is 24.3 Å². The number of hydrogen-bond donors (Lipinski definition) is 3. The number of nitrogens with zero attached hydrogens (tertiary/aromatic N) is 1. The van der Waals surface area contributed by atoms with Gasteiger partial charge in [0, 0.05) is 18.2 Å². The molecular formula is C10H10N4OS. The van der Waals surface area contributed by atoms with Crippen molar-refractivity contribution in [1.29, 1.82) is 0 Å². The number of benzene rings is 1. The lowest BCUT2D eigenvalue weighted by atomic mass is 10.1. The Bertz CT molecular complexity index is 572. The second kappa shape index (κ2) is 4.28. The summed E-state index contributed by atoms with van der Waals surface area (Å²) in [6.45, 7) is 1.47. The zero-order valence-electron chi connectivity index (χ0n) is 8.57. The molecule has 0 aliphatic rings. The van der Waals surface area contributed by atoms with Crippen molar-refractivity contribution in [3.05, 3.63) is 28.9 Å². The van der Waals surface area contributed by atoms with Gasteiger partial charge >= 0.3 is 0 Å². The Morgan fingerprint density at radius 1 is 1.50 bits per heavy atom. The van der Waals surface area contributed by atoms with Crippen molar-refractivity contribution in [2.75, 3.05) is 5.32 Å². The van der Waals surface area contributed by atoms with E-state index >= 15 is 0 Å². The number of carbonyl (C=O) groups excluding carboxylic acids is 1. The molecule has 2 rings (SSSR count). The lowest BCUT2D eigenvalue weighted by Crippen LogP contribution is -2.05. The number of rotatable bonds is 2. The molecule has 1 aromatic carbocycles. The Morgan fingerprint density at radius 3 is 2.94 bits per heavy atom. The van der Waals surface area contributed by atoms with Gasteiger partial charge in [-0.15, -0.1) is 0 Å². The zero-order valence-corrected chi connectivity index (χ0v) is 9.39. The molecule has 0 spiro atoms. The Kier molecular flexibility index (Phi) is 2.82. The Labute approximate surface area is 96.9 Å². The molecular weight excluding hydrogens is 224 g/mol. The van der Waals surface area contributed by atoms with Crippen LogP contribution >= 0.6 is 12.2 Å². The van der Waals surface area contributed by atoms with Crippen molar-refractivity contribution in [1.82, 2.24) is 15.4 Å². The predicted octanol–water partition coefficient (Wildman–Crippen LogP) is 2.09. The van der Waals surface area contributed by atoms with Crippen LogP contribution in [0.5, 0.6) is 0 Å². The van der Waals surface area contributed by atoms with Crippen molar-refractivity contribution < 1.29 is 4.79 Å². The molecule has 0 saturated heterocycles. The standard InChI is InChI=1S/C10H10N4OS/c1-6(15)11-8-4-2-3-7(5-8)9-10(16)13-14-12-9/h2-5H,1H3,(H,11,15)(H2,12,13,14,16). The fourth-order valence-corrected chi connectivity index (χ4v) is 1.60. The lowest BCUT2D eigenvalue weighted by molar-refractivity contribution is -0.114. The van der Waals surface area contributed by atoms with Gasteiger partial charge in [-0.25, -0.2) is 5.21 Å². The molecule has 82 valence electrons. The van der Waals surface area contributed by atoms with E-state index in [0.717, 1.165) is 11.3 Å². The highest BCUT2D eigenvalue weighted by Gasteiger charge is 2.04. The third kappa shape index (κ3) is 2.17. The first kappa shape index (κ1) is 10.6. The van der Waals surface area contributed by atoms with Crippen LogP contribution < -0.4 is 5.32 Å².